The fourth-order valence-electron chi connectivity index (χ4n) is 4.29. The Bertz CT molecular complexity index is 887. The van der Waals surface area contributed by atoms with E-state index in [1.807, 2.05) is 30.3 Å². The lowest BCUT2D eigenvalue weighted by molar-refractivity contribution is -0.147. The number of pyridine rings is 1. The molecule has 28 heavy (non-hydrogen) atoms. The maximum atomic E-state index is 13.0. The highest BCUT2D eigenvalue weighted by atomic mass is 16.5. The minimum Gasteiger partial charge on any atom is -0.469 e. The molecule has 2 aliphatic rings. The molecule has 0 radical (unpaired) electrons. The summed E-state index contributed by atoms with van der Waals surface area (Å²) in [4.78, 5) is 45.5. The SMILES string of the molecule is COC(=O)[C@H]1C[C@H]2CN(C(=O)c3ccncc3)CC(=O)N2[C@H]1c1ccccc1. The molecule has 2 amide bonds. The van der Waals surface area contributed by atoms with E-state index in [0.29, 0.717) is 18.5 Å². The summed E-state index contributed by atoms with van der Waals surface area (Å²) >= 11 is 0. The second-order valence-electron chi connectivity index (χ2n) is 7.10. The van der Waals surface area contributed by atoms with Gasteiger partial charge in [0.1, 0.15) is 6.54 Å². The van der Waals surface area contributed by atoms with Gasteiger partial charge in [0.05, 0.1) is 25.1 Å². The second kappa shape index (κ2) is 7.42. The predicted octanol–water partition coefficient (Wildman–Crippen LogP) is 1.67. The van der Waals surface area contributed by atoms with Crippen LogP contribution in [0.25, 0.3) is 0 Å². The number of hydrogen-bond acceptors (Lipinski definition) is 5. The van der Waals surface area contributed by atoms with E-state index < -0.39 is 5.92 Å². The van der Waals surface area contributed by atoms with Gasteiger partial charge in [-0.3, -0.25) is 19.4 Å². The fourth-order valence-corrected chi connectivity index (χ4v) is 4.29. The molecule has 0 N–H and O–H groups in total. The quantitative estimate of drug-likeness (QED) is 0.758. The third-order valence-corrected chi connectivity index (χ3v) is 5.50. The summed E-state index contributed by atoms with van der Waals surface area (Å²) in [7, 11) is 1.36. The zero-order valence-electron chi connectivity index (χ0n) is 15.5. The van der Waals surface area contributed by atoms with Crippen molar-refractivity contribution in [1.82, 2.24) is 14.8 Å². The molecule has 7 heteroatoms. The lowest BCUT2D eigenvalue weighted by Gasteiger charge is -2.40. The number of benzene rings is 1. The van der Waals surface area contributed by atoms with E-state index in [9.17, 15) is 14.4 Å². The summed E-state index contributed by atoms with van der Waals surface area (Å²) in [5, 5.41) is 0. The van der Waals surface area contributed by atoms with E-state index in [-0.39, 0.29) is 36.4 Å². The van der Waals surface area contributed by atoms with Gasteiger partial charge in [-0.1, -0.05) is 30.3 Å². The van der Waals surface area contributed by atoms with Crippen molar-refractivity contribution in [3.05, 3.63) is 66.0 Å². The Balaban J connectivity index is 1.63. The first-order valence-corrected chi connectivity index (χ1v) is 9.23. The van der Waals surface area contributed by atoms with Crippen molar-refractivity contribution >= 4 is 17.8 Å². The highest BCUT2D eigenvalue weighted by Gasteiger charge is 2.51. The van der Waals surface area contributed by atoms with Crippen molar-refractivity contribution in [1.29, 1.82) is 0 Å². The van der Waals surface area contributed by atoms with Crippen LogP contribution in [0.15, 0.2) is 54.9 Å². The number of piperazine rings is 1. The van der Waals surface area contributed by atoms with E-state index >= 15 is 0 Å². The molecule has 7 nitrogen and oxygen atoms in total. The Kier molecular flexibility index (Phi) is 4.81. The van der Waals surface area contributed by atoms with Crippen LogP contribution >= 0.6 is 0 Å². The molecule has 144 valence electrons. The molecule has 1 aromatic heterocycles. The van der Waals surface area contributed by atoms with Crippen molar-refractivity contribution in [2.75, 3.05) is 20.2 Å². The molecule has 1 aromatic carbocycles. The summed E-state index contributed by atoms with van der Waals surface area (Å²) < 4.78 is 5.01. The van der Waals surface area contributed by atoms with Gasteiger partial charge >= 0.3 is 5.97 Å². The van der Waals surface area contributed by atoms with Crippen LogP contribution in [0, 0.1) is 5.92 Å². The van der Waals surface area contributed by atoms with Gasteiger partial charge in [0.15, 0.2) is 0 Å². The lowest BCUT2D eigenvalue weighted by atomic mass is 9.93. The molecule has 0 spiro atoms. The molecule has 2 saturated heterocycles. The number of carbonyl (C=O) groups excluding carboxylic acids is 3. The summed E-state index contributed by atoms with van der Waals surface area (Å²) in [6.07, 6.45) is 3.58. The largest absolute Gasteiger partial charge is 0.469 e. The Morgan fingerprint density at radius 3 is 2.50 bits per heavy atom. The monoisotopic (exact) mass is 379 g/mol. The summed E-state index contributed by atoms with van der Waals surface area (Å²) in [5.74, 6) is -1.13. The number of fused-ring (bicyclic) bond motifs is 1. The van der Waals surface area contributed by atoms with E-state index in [1.165, 1.54) is 7.11 Å². The summed E-state index contributed by atoms with van der Waals surface area (Å²) in [6.45, 7) is 0.388. The van der Waals surface area contributed by atoms with Gasteiger partial charge in [-0.15, -0.1) is 0 Å². The minimum atomic E-state index is -0.447. The minimum absolute atomic E-state index is 0.00508. The Hall–Kier alpha value is -3.22. The van der Waals surface area contributed by atoms with Crippen LogP contribution in [-0.2, 0) is 14.3 Å². The van der Waals surface area contributed by atoms with Crippen LogP contribution in [0.2, 0.25) is 0 Å². The number of nitrogens with zero attached hydrogens (tertiary/aromatic N) is 3. The number of rotatable bonds is 3. The molecule has 0 saturated carbocycles. The van der Waals surface area contributed by atoms with Crippen molar-refractivity contribution in [3.8, 4) is 0 Å². The van der Waals surface area contributed by atoms with Crippen molar-refractivity contribution < 1.29 is 19.1 Å². The van der Waals surface area contributed by atoms with Gasteiger partial charge in [-0.2, -0.15) is 0 Å². The molecule has 3 heterocycles. The summed E-state index contributed by atoms with van der Waals surface area (Å²) in [6, 6.07) is 12.2. The van der Waals surface area contributed by atoms with Crippen LogP contribution in [0.3, 0.4) is 0 Å². The van der Waals surface area contributed by atoms with Gasteiger partial charge < -0.3 is 14.5 Å². The van der Waals surface area contributed by atoms with Crippen LogP contribution in [-0.4, -0.2) is 58.8 Å². The van der Waals surface area contributed by atoms with Gasteiger partial charge in [-0.25, -0.2) is 0 Å². The third-order valence-electron chi connectivity index (χ3n) is 5.50. The Morgan fingerprint density at radius 1 is 1.11 bits per heavy atom. The average molecular weight is 379 g/mol. The maximum Gasteiger partial charge on any atom is 0.311 e. The average Bonchev–Trinajstić information content (AvgIpc) is 3.14. The molecule has 2 aromatic rings. The normalized spacial score (nSPS) is 24.0. The molecule has 2 aliphatic heterocycles. The number of esters is 1. The van der Waals surface area contributed by atoms with Gasteiger partial charge in [0.2, 0.25) is 5.91 Å². The molecule has 0 aliphatic carbocycles. The van der Waals surface area contributed by atoms with Crippen LogP contribution in [0.5, 0.6) is 0 Å². The van der Waals surface area contributed by atoms with Crippen LogP contribution in [0.1, 0.15) is 28.4 Å². The number of ether oxygens (including phenoxy) is 1. The van der Waals surface area contributed by atoms with Gasteiger partial charge in [-0.05, 0) is 24.1 Å². The van der Waals surface area contributed by atoms with Crippen LogP contribution < -0.4 is 0 Å². The smallest absolute Gasteiger partial charge is 0.311 e. The first-order valence-electron chi connectivity index (χ1n) is 9.23. The molecule has 2 fully saturated rings. The van der Waals surface area contributed by atoms with E-state index in [4.69, 9.17) is 4.74 Å². The molecule has 0 unspecified atom stereocenters. The Labute approximate surface area is 162 Å². The van der Waals surface area contributed by atoms with E-state index in [2.05, 4.69) is 4.98 Å². The number of carbonyl (C=O) groups is 3. The molecular formula is C21H21N3O4. The zero-order chi connectivity index (χ0) is 19.7. The first kappa shape index (κ1) is 18.2. The van der Waals surface area contributed by atoms with E-state index in [0.717, 1.165) is 5.56 Å². The maximum absolute atomic E-state index is 13.0. The highest BCUT2D eigenvalue weighted by Crippen LogP contribution is 2.43. The van der Waals surface area contributed by atoms with Gasteiger partial charge in [0.25, 0.3) is 5.91 Å². The van der Waals surface area contributed by atoms with E-state index in [1.54, 1.807) is 34.3 Å². The Morgan fingerprint density at radius 2 is 1.82 bits per heavy atom. The van der Waals surface area contributed by atoms with Gasteiger partial charge in [0, 0.05) is 24.5 Å². The standard InChI is InChI=1S/C21H21N3O4/c1-28-21(27)17-11-16-12-23(20(26)15-7-9-22-10-8-15)13-18(25)24(16)19(17)14-5-3-2-4-6-14/h2-10,16-17,19H,11-13H2,1H3/t16-,17-,19-/m0/s1. The molecular weight excluding hydrogens is 358 g/mol. The van der Waals surface area contributed by atoms with Crippen molar-refractivity contribution in [2.24, 2.45) is 5.92 Å². The fraction of sp³-hybridized carbons (Fsp3) is 0.333. The topological polar surface area (TPSA) is 79.8 Å². The van der Waals surface area contributed by atoms with Crippen LogP contribution in [0.4, 0.5) is 0 Å². The zero-order valence-corrected chi connectivity index (χ0v) is 15.5. The number of amides is 2. The van der Waals surface area contributed by atoms with Crippen molar-refractivity contribution in [2.45, 2.75) is 18.5 Å². The summed E-state index contributed by atoms with van der Waals surface area (Å²) in [5.41, 5.74) is 1.40. The number of methoxy groups -OCH3 is 1. The number of hydrogen-bond donors (Lipinski definition) is 0. The second-order valence-corrected chi connectivity index (χ2v) is 7.10. The first-order chi connectivity index (χ1) is 13.6. The molecule has 3 atom stereocenters. The lowest BCUT2D eigenvalue weighted by Crippen LogP contribution is -2.55. The highest BCUT2D eigenvalue weighted by molar-refractivity contribution is 5.97. The molecule has 4 rings (SSSR count). The number of aromatic nitrogens is 1. The molecule has 0 bridgehead atoms. The predicted molar refractivity (Wildman–Crippen MR) is 100 cm³/mol. The van der Waals surface area contributed by atoms with Crippen molar-refractivity contribution in [3.63, 3.8) is 0 Å². The third kappa shape index (κ3) is 3.13.